The Morgan fingerprint density at radius 1 is 1.35 bits per heavy atom. The van der Waals surface area contributed by atoms with E-state index in [1.165, 1.54) is 12.8 Å². The summed E-state index contributed by atoms with van der Waals surface area (Å²) in [5.74, 6) is 0.764. The Morgan fingerprint density at radius 3 is 2.53 bits per heavy atom. The van der Waals surface area contributed by atoms with Crippen LogP contribution in [0.1, 0.15) is 44.1 Å². The van der Waals surface area contributed by atoms with Gasteiger partial charge in [0, 0.05) is 7.11 Å². The lowest BCUT2D eigenvalue weighted by molar-refractivity contribution is -0.0164. The van der Waals surface area contributed by atoms with Gasteiger partial charge < -0.3 is 4.74 Å². The van der Waals surface area contributed by atoms with Crippen molar-refractivity contribution in [3.8, 4) is 0 Å². The average Bonchev–Trinajstić information content (AvgIpc) is 2.82. The molecule has 1 aliphatic carbocycles. The zero-order chi connectivity index (χ0) is 12.5. The van der Waals surface area contributed by atoms with Crippen LogP contribution in [0.3, 0.4) is 0 Å². The standard InChI is InChI=1S/C12H16ClIN2O/c1-3-8-9(14)10(13)16-11(15-8)12(17-2)6-4-5-7-12/h3-7H2,1-2H3. The maximum atomic E-state index is 6.18. The number of rotatable bonds is 3. The smallest absolute Gasteiger partial charge is 0.162 e. The normalized spacial score (nSPS) is 18.6. The summed E-state index contributed by atoms with van der Waals surface area (Å²) in [6, 6.07) is 0. The summed E-state index contributed by atoms with van der Waals surface area (Å²) in [7, 11) is 1.74. The van der Waals surface area contributed by atoms with Crippen LogP contribution in [-0.2, 0) is 16.8 Å². The predicted molar refractivity (Wildman–Crippen MR) is 76.3 cm³/mol. The van der Waals surface area contributed by atoms with Gasteiger partial charge >= 0.3 is 0 Å². The Bertz CT molecular complexity index is 419. The van der Waals surface area contributed by atoms with Crippen LogP contribution < -0.4 is 0 Å². The Kier molecular flexibility index (Phi) is 4.26. The molecular weight excluding hydrogens is 351 g/mol. The van der Waals surface area contributed by atoms with E-state index in [4.69, 9.17) is 16.3 Å². The second kappa shape index (κ2) is 5.36. The second-order valence-corrected chi connectivity index (χ2v) is 5.79. The van der Waals surface area contributed by atoms with Gasteiger partial charge in [0.05, 0.1) is 9.26 Å². The zero-order valence-electron chi connectivity index (χ0n) is 10.1. The Balaban J connectivity index is 2.48. The van der Waals surface area contributed by atoms with Crippen molar-refractivity contribution in [3.63, 3.8) is 0 Å². The average molecular weight is 367 g/mol. The molecule has 0 atom stereocenters. The molecule has 2 rings (SSSR count). The maximum absolute atomic E-state index is 6.18. The van der Waals surface area contributed by atoms with E-state index >= 15 is 0 Å². The van der Waals surface area contributed by atoms with Gasteiger partial charge in [0.2, 0.25) is 0 Å². The van der Waals surface area contributed by atoms with E-state index in [0.717, 1.165) is 34.4 Å². The van der Waals surface area contributed by atoms with Crippen LogP contribution in [-0.4, -0.2) is 17.1 Å². The molecule has 5 heteroatoms. The molecule has 1 aromatic heterocycles. The van der Waals surface area contributed by atoms with Gasteiger partial charge in [-0.25, -0.2) is 9.97 Å². The van der Waals surface area contributed by atoms with Gasteiger partial charge in [0.25, 0.3) is 0 Å². The van der Waals surface area contributed by atoms with Crippen LogP contribution in [0, 0.1) is 3.57 Å². The largest absolute Gasteiger partial charge is 0.370 e. The minimum atomic E-state index is -0.308. The molecule has 17 heavy (non-hydrogen) atoms. The zero-order valence-corrected chi connectivity index (χ0v) is 13.0. The fraction of sp³-hybridized carbons (Fsp3) is 0.667. The monoisotopic (exact) mass is 366 g/mol. The molecule has 0 aliphatic heterocycles. The van der Waals surface area contributed by atoms with Crippen molar-refractivity contribution in [1.29, 1.82) is 0 Å². The van der Waals surface area contributed by atoms with Gasteiger partial charge in [-0.05, 0) is 54.7 Å². The van der Waals surface area contributed by atoms with Gasteiger partial charge in [-0.3, -0.25) is 0 Å². The first-order chi connectivity index (χ1) is 8.13. The molecule has 0 radical (unpaired) electrons. The van der Waals surface area contributed by atoms with Crippen molar-refractivity contribution in [1.82, 2.24) is 9.97 Å². The van der Waals surface area contributed by atoms with Crippen LogP contribution in [0.15, 0.2) is 0 Å². The molecule has 1 aliphatic rings. The van der Waals surface area contributed by atoms with Crippen LogP contribution in [0.4, 0.5) is 0 Å². The van der Waals surface area contributed by atoms with Gasteiger partial charge in [-0.1, -0.05) is 18.5 Å². The van der Waals surface area contributed by atoms with Crippen LogP contribution in [0.2, 0.25) is 5.15 Å². The lowest BCUT2D eigenvalue weighted by Gasteiger charge is -2.26. The highest BCUT2D eigenvalue weighted by atomic mass is 127. The van der Waals surface area contributed by atoms with Gasteiger partial charge in [-0.15, -0.1) is 0 Å². The summed E-state index contributed by atoms with van der Waals surface area (Å²) in [5.41, 5.74) is 0.710. The summed E-state index contributed by atoms with van der Waals surface area (Å²) in [4.78, 5) is 9.08. The minimum Gasteiger partial charge on any atom is -0.370 e. The van der Waals surface area contributed by atoms with Crippen molar-refractivity contribution < 1.29 is 4.74 Å². The molecule has 0 amide bonds. The Hall–Kier alpha value is 0.0600. The number of methoxy groups -OCH3 is 1. The molecule has 1 aromatic rings. The Morgan fingerprint density at radius 2 is 2.00 bits per heavy atom. The molecule has 0 saturated heterocycles. The fourth-order valence-electron chi connectivity index (χ4n) is 2.37. The summed E-state index contributed by atoms with van der Waals surface area (Å²) in [6.07, 6.45) is 5.19. The molecule has 0 unspecified atom stereocenters. The lowest BCUT2D eigenvalue weighted by Crippen LogP contribution is -2.28. The number of nitrogens with zero attached hydrogens (tertiary/aromatic N) is 2. The summed E-state index contributed by atoms with van der Waals surface area (Å²) >= 11 is 8.38. The minimum absolute atomic E-state index is 0.308. The number of hydrogen-bond acceptors (Lipinski definition) is 3. The highest BCUT2D eigenvalue weighted by Crippen LogP contribution is 2.40. The van der Waals surface area contributed by atoms with Crippen molar-refractivity contribution in [2.75, 3.05) is 7.11 Å². The number of aryl methyl sites for hydroxylation is 1. The third-order valence-electron chi connectivity index (χ3n) is 3.42. The maximum Gasteiger partial charge on any atom is 0.162 e. The second-order valence-electron chi connectivity index (χ2n) is 4.36. The molecule has 0 N–H and O–H groups in total. The van der Waals surface area contributed by atoms with Gasteiger partial charge in [0.15, 0.2) is 5.82 Å². The molecule has 3 nitrogen and oxygen atoms in total. The third kappa shape index (κ3) is 2.44. The molecule has 0 bridgehead atoms. The van der Waals surface area contributed by atoms with E-state index in [1.54, 1.807) is 7.11 Å². The van der Waals surface area contributed by atoms with Crippen LogP contribution >= 0.6 is 34.2 Å². The molecule has 1 saturated carbocycles. The topological polar surface area (TPSA) is 35.0 Å². The molecule has 0 aromatic carbocycles. The first-order valence-corrected chi connectivity index (χ1v) is 7.36. The molecule has 1 heterocycles. The van der Waals surface area contributed by atoms with Crippen molar-refractivity contribution >= 4 is 34.2 Å². The van der Waals surface area contributed by atoms with E-state index in [9.17, 15) is 0 Å². The van der Waals surface area contributed by atoms with Crippen LogP contribution in [0.25, 0.3) is 0 Å². The summed E-state index contributed by atoms with van der Waals surface area (Å²) in [6.45, 7) is 2.08. The quantitative estimate of drug-likeness (QED) is 0.604. The summed E-state index contributed by atoms with van der Waals surface area (Å²) < 4.78 is 6.65. The van der Waals surface area contributed by atoms with Gasteiger partial charge in [0.1, 0.15) is 10.8 Å². The Labute approximate surface area is 120 Å². The SMILES string of the molecule is CCc1nc(C2(OC)CCCC2)nc(Cl)c1I. The van der Waals surface area contributed by atoms with E-state index in [2.05, 4.69) is 39.5 Å². The molecule has 94 valence electrons. The van der Waals surface area contributed by atoms with E-state index in [0.29, 0.717) is 5.15 Å². The number of hydrogen-bond donors (Lipinski definition) is 0. The van der Waals surface area contributed by atoms with E-state index in [-0.39, 0.29) is 5.60 Å². The van der Waals surface area contributed by atoms with E-state index in [1.807, 2.05) is 0 Å². The highest BCUT2D eigenvalue weighted by molar-refractivity contribution is 14.1. The summed E-state index contributed by atoms with van der Waals surface area (Å²) in [5, 5.41) is 0.552. The molecule has 0 spiro atoms. The van der Waals surface area contributed by atoms with Crippen molar-refractivity contribution in [2.45, 2.75) is 44.6 Å². The fourth-order valence-corrected chi connectivity index (χ4v) is 3.18. The third-order valence-corrected chi connectivity index (χ3v) is 5.15. The number of aromatic nitrogens is 2. The first-order valence-electron chi connectivity index (χ1n) is 5.90. The first kappa shape index (κ1) is 13.5. The predicted octanol–water partition coefficient (Wildman–Crippen LogP) is 3.71. The highest BCUT2D eigenvalue weighted by Gasteiger charge is 2.39. The van der Waals surface area contributed by atoms with Crippen molar-refractivity contribution in [3.05, 3.63) is 20.2 Å². The van der Waals surface area contributed by atoms with Gasteiger partial charge in [-0.2, -0.15) is 0 Å². The molecule has 1 fully saturated rings. The number of ether oxygens (including phenoxy) is 1. The van der Waals surface area contributed by atoms with E-state index < -0.39 is 0 Å². The molecular formula is C12H16ClIN2O. The van der Waals surface area contributed by atoms with Crippen LogP contribution in [0.5, 0.6) is 0 Å². The lowest BCUT2D eigenvalue weighted by atomic mass is 10.0. The van der Waals surface area contributed by atoms with Crippen molar-refractivity contribution in [2.24, 2.45) is 0 Å². The number of halogens is 2.